The first kappa shape index (κ1) is 53.0. The van der Waals surface area contributed by atoms with E-state index in [1.807, 2.05) is 0 Å². The van der Waals surface area contributed by atoms with E-state index < -0.39 is 153 Å². The fourth-order valence-corrected chi connectivity index (χ4v) is 5.00. The SMILES string of the molecule is CC(C)C[C@H](NC(=O)[C@H](CO)NC(=O)[C@H](CCC(=O)O)NC(=O)[C@H](CCC(=O)O)NC(=O)[C@H](CC(=O)O)NC(=O)CNC(=O)[C@@H](N)CCCCN)C(=O)N[C@@H](C)C(=O)O. The van der Waals surface area contributed by atoms with Crippen molar-refractivity contribution in [3.8, 4) is 0 Å². The van der Waals surface area contributed by atoms with Gasteiger partial charge >= 0.3 is 23.9 Å². The maximum atomic E-state index is 13.5. The topological polar surface area (TPSA) is 425 Å². The molecule has 0 bridgehead atoms. The molecule has 0 radical (unpaired) electrons. The van der Waals surface area contributed by atoms with Gasteiger partial charge in [0.2, 0.25) is 41.4 Å². The summed E-state index contributed by atoms with van der Waals surface area (Å²) in [5, 5.41) is 62.2. The van der Waals surface area contributed by atoms with Crippen LogP contribution in [0.5, 0.6) is 0 Å². The minimum absolute atomic E-state index is 0.00497. The van der Waals surface area contributed by atoms with Crippen LogP contribution in [0, 0.1) is 5.92 Å². The van der Waals surface area contributed by atoms with Gasteiger partial charge in [-0.05, 0) is 51.5 Å². The van der Waals surface area contributed by atoms with Crippen LogP contribution in [0.1, 0.15) is 78.6 Å². The molecule has 25 nitrogen and oxygen atoms in total. The van der Waals surface area contributed by atoms with Gasteiger partial charge in [0.1, 0.15) is 36.3 Å². The van der Waals surface area contributed by atoms with Gasteiger partial charge in [0.05, 0.1) is 25.6 Å². The van der Waals surface area contributed by atoms with Crippen LogP contribution >= 0.6 is 0 Å². The molecule has 0 spiro atoms. The summed E-state index contributed by atoms with van der Waals surface area (Å²) in [5.41, 5.74) is 11.2. The van der Waals surface area contributed by atoms with Crippen LogP contribution < -0.4 is 48.7 Å². The second-order valence-electron chi connectivity index (χ2n) is 13.8. The van der Waals surface area contributed by atoms with E-state index in [0.29, 0.717) is 19.4 Å². The van der Waals surface area contributed by atoms with Crippen molar-refractivity contribution < 1.29 is 78.3 Å². The summed E-state index contributed by atoms with van der Waals surface area (Å²) >= 11 is 0. The number of nitrogens with one attached hydrogen (secondary N) is 7. The summed E-state index contributed by atoms with van der Waals surface area (Å²) in [6.45, 7) is 3.10. The van der Waals surface area contributed by atoms with Crippen LogP contribution in [0.4, 0.5) is 0 Å². The second-order valence-corrected chi connectivity index (χ2v) is 13.8. The van der Waals surface area contributed by atoms with Crippen LogP contribution in [-0.2, 0) is 52.7 Å². The highest BCUT2D eigenvalue weighted by molar-refractivity contribution is 5.98. The minimum atomic E-state index is -1.89. The van der Waals surface area contributed by atoms with Crippen molar-refractivity contribution in [1.29, 1.82) is 0 Å². The normalized spacial score (nSPS) is 14.4. The monoisotopic (exact) mass is 847 g/mol. The van der Waals surface area contributed by atoms with E-state index in [-0.39, 0.29) is 18.8 Å². The molecule has 59 heavy (non-hydrogen) atoms. The number of carbonyl (C=O) groups is 11. The van der Waals surface area contributed by atoms with E-state index in [1.165, 1.54) is 6.92 Å². The molecule has 0 aliphatic heterocycles. The molecule has 0 saturated heterocycles. The van der Waals surface area contributed by atoms with Gasteiger partial charge in [0.25, 0.3) is 0 Å². The molecule has 0 aliphatic rings. The summed E-state index contributed by atoms with van der Waals surface area (Å²) in [5.74, 6) is -13.7. The Morgan fingerprint density at radius 2 is 1.00 bits per heavy atom. The van der Waals surface area contributed by atoms with Crippen molar-refractivity contribution in [2.75, 3.05) is 19.7 Å². The number of carbonyl (C=O) groups excluding carboxylic acids is 7. The number of rotatable bonds is 30. The molecule has 0 aromatic carbocycles. The molecule has 0 fully saturated rings. The van der Waals surface area contributed by atoms with Gasteiger partial charge in [-0.25, -0.2) is 0 Å². The van der Waals surface area contributed by atoms with E-state index in [4.69, 9.17) is 16.6 Å². The van der Waals surface area contributed by atoms with Gasteiger partial charge in [-0.15, -0.1) is 0 Å². The first-order chi connectivity index (χ1) is 27.5. The molecule has 0 aromatic heterocycles. The average molecular weight is 848 g/mol. The lowest BCUT2D eigenvalue weighted by molar-refractivity contribution is -0.142. The minimum Gasteiger partial charge on any atom is -0.481 e. The van der Waals surface area contributed by atoms with Gasteiger partial charge in [0.15, 0.2) is 0 Å². The highest BCUT2D eigenvalue weighted by Gasteiger charge is 2.34. The molecule has 16 N–H and O–H groups in total. The summed E-state index contributed by atoms with van der Waals surface area (Å²) in [6.07, 6.45) is -2.55. The Bertz CT molecular complexity index is 1510. The van der Waals surface area contributed by atoms with Crippen LogP contribution in [0.2, 0.25) is 0 Å². The molecule has 0 saturated carbocycles. The predicted molar refractivity (Wildman–Crippen MR) is 201 cm³/mol. The number of amides is 7. The van der Waals surface area contributed by atoms with Gasteiger partial charge in [-0.3, -0.25) is 52.7 Å². The van der Waals surface area contributed by atoms with Crippen LogP contribution in [0.15, 0.2) is 0 Å². The maximum Gasteiger partial charge on any atom is 0.325 e. The fraction of sp³-hybridized carbons (Fsp3) is 0.676. The van der Waals surface area contributed by atoms with E-state index >= 15 is 0 Å². The van der Waals surface area contributed by atoms with Crippen molar-refractivity contribution >= 4 is 65.2 Å². The maximum absolute atomic E-state index is 13.5. The number of aliphatic carboxylic acids is 4. The standard InChI is InChI=1S/C34H57N9O16/c1-16(2)12-21(31(55)38-17(3)34(58)59)42-33(57)23(15-44)43-30(54)20(8-10-26(48)49)40-29(53)19(7-9-25(46)47)41-32(56)22(13-27(50)51)39-24(45)14-37-28(52)18(36)6-4-5-11-35/h16-23,44H,4-15,35-36H2,1-3H3,(H,37,52)(H,38,55)(H,39,45)(H,40,53)(H,41,56)(H,42,57)(H,43,54)(H,46,47)(H,48,49)(H,50,51)(H,58,59)/t17-,18-,19-,20-,21-,22-,23-/m0/s1. The van der Waals surface area contributed by atoms with Crippen molar-refractivity contribution in [1.82, 2.24) is 37.2 Å². The molecule has 7 atom stereocenters. The molecule has 0 unspecified atom stereocenters. The van der Waals surface area contributed by atoms with Gasteiger partial charge in [-0.1, -0.05) is 20.3 Å². The Balaban J connectivity index is 6.15. The first-order valence-electron chi connectivity index (χ1n) is 18.6. The number of carboxylic acids is 4. The molecule has 0 aromatic rings. The summed E-state index contributed by atoms with van der Waals surface area (Å²) in [4.78, 5) is 136. The zero-order valence-electron chi connectivity index (χ0n) is 33.0. The summed E-state index contributed by atoms with van der Waals surface area (Å²) in [6, 6.07) is -11.0. The fourth-order valence-electron chi connectivity index (χ4n) is 5.00. The average Bonchev–Trinajstić information content (AvgIpc) is 3.14. The molecular formula is C34H57N9O16. The van der Waals surface area contributed by atoms with Gasteiger partial charge in [0, 0.05) is 12.8 Å². The first-order valence-corrected chi connectivity index (χ1v) is 18.6. The third-order valence-corrected chi connectivity index (χ3v) is 8.20. The van der Waals surface area contributed by atoms with Gasteiger partial charge in [-0.2, -0.15) is 0 Å². The van der Waals surface area contributed by atoms with Gasteiger partial charge < -0.3 is 74.2 Å². The molecule has 0 aliphatic carbocycles. The third kappa shape index (κ3) is 22.5. The lowest BCUT2D eigenvalue weighted by Crippen LogP contribution is -2.60. The number of nitrogens with two attached hydrogens (primary N) is 2. The molecule has 25 heteroatoms. The Hall–Kier alpha value is -5.95. The smallest absolute Gasteiger partial charge is 0.325 e. The van der Waals surface area contributed by atoms with Crippen molar-refractivity contribution in [3.63, 3.8) is 0 Å². The van der Waals surface area contributed by atoms with E-state index in [9.17, 15) is 73.2 Å². The molecule has 0 rings (SSSR count). The number of aliphatic hydroxyl groups is 1. The number of aliphatic hydroxyl groups excluding tert-OH is 1. The largest absolute Gasteiger partial charge is 0.481 e. The second kappa shape index (κ2) is 27.6. The summed E-state index contributed by atoms with van der Waals surface area (Å²) < 4.78 is 0. The predicted octanol–water partition coefficient (Wildman–Crippen LogP) is -5.19. The highest BCUT2D eigenvalue weighted by atomic mass is 16.4. The molecule has 0 heterocycles. The molecule has 334 valence electrons. The lowest BCUT2D eigenvalue weighted by atomic mass is 10.0. The number of hydrogen-bond donors (Lipinski definition) is 14. The zero-order valence-corrected chi connectivity index (χ0v) is 33.0. The lowest BCUT2D eigenvalue weighted by Gasteiger charge is -2.27. The molecular weight excluding hydrogens is 790 g/mol. The Labute approximate surface area is 338 Å². The van der Waals surface area contributed by atoms with Crippen LogP contribution in [0.3, 0.4) is 0 Å². The van der Waals surface area contributed by atoms with Crippen molar-refractivity contribution in [2.45, 2.75) is 121 Å². The zero-order chi connectivity index (χ0) is 45.4. The van der Waals surface area contributed by atoms with E-state index in [2.05, 4.69) is 37.2 Å². The number of carboxylic acid groups (broad SMARTS) is 4. The summed E-state index contributed by atoms with van der Waals surface area (Å²) in [7, 11) is 0. The quantitative estimate of drug-likeness (QED) is 0.0300. The Morgan fingerprint density at radius 3 is 1.44 bits per heavy atom. The van der Waals surface area contributed by atoms with E-state index in [1.54, 1.807) is 13.8 Å². The van der Waals surface area contributed by atoms with Crippen molar-refractivity contribution in [3.05, 3.63) is 0 Å². The van der Waals surface area contributed by atoms with Crippen LogP contribution in [-0.4, -0.2) is 153 Å². The third-order valence-electron chi connectivity index (χ3n) is 8.20. The Kier molecular flexibility index (Phi) is 24.9. The molecule has 7 amide bonds. The van der Waals surface area contributed by atoms with E-state index in [0.717, 1.165) is 0 Å². The number of hydrogen-bond acceptors (Lipinski definition) is 14. The van der Waals surface area contributed by atoms with Crippen molar-refractivity contribution in [2.24, 2.45) is 17.4 Å². The highest BCUT2D eigenvalue weighted by Crippen LogP contribution is 2.08. The Morgan fingerprint density at radius 1 is 0.542 bits per heavy atom. The number of unbranched alkanes of at least 4 members (excludes halogenated alkanes) is 1. The van der Waals surface area contributed by atoms with Crippen LogP contribution in [0.25, 0.3) is 0 Å².